The van der Waals surface area contributed by atoms with E-state index in [0.717, 1.165) is 26.1 Å². The summed E-state index contributed by atoms with van der Waals surface area (Å²) in [6.45, 7) is 9.83. The quantitative estimate of drug-likeness (QED) is 0.752. The lowest BCUT2D eigenvalue weighted by Crippen LogP contribution is -2.50. The second-order valence-corrected chi connectivity index (χ2v) is 5.61. The minimum Gasteiger partial charge on any atom is -0.368 e. The number of allylic oxidation sites excluding steroid dienone is 1. The van der Waals surface area contributed by atoms with Crippen LogP contribution in [-0.2, 0) is 0 Å². The van der Waals surface area contributed by atoms with Crippen LogP contribution in [0.3, 0.4) is 0 Å². The van der Waals surface area contributed by atoms with Gasteiger partial charge in [0.05, 0.1) is 0 Å². The predicted molar refractivity (Wildman–Crippen MR) is 78.1 cm³/mol. The monoisotopic (exact) mass is 242 g/mol. The summed E-state index contributed by atoms with van der Waals surface area (Å²) in [6, 6.07) is 7.46. The second-order valence-electron chi connectivity index (χ2n) is 5.61. The number of aryl methyl sites for hydroxylation is 1. The van der Waals surface area contributed by atoms with Crippen LogP contribution in [0.4, 0.5) is 5.69 Å². The van der Waals surface area contributed by atoms with Gasteiger partial charge in [0.15, 0.2) is 0 Å². The van der Waals surface area contributed by atoms with Crippen LogP contribution >= 0.6 is 0 Å². The first-order valence-electron chi connectivity index (χ1n) is 7.01. The maximum absolute atomic E-state index is 4.31. The summed E-state index contributed by atoms with van der Waals surface area (Å²) in [5.41, 5.74) is 5.40. The number of hydrogen-bond acceptors (Lipinski definition) is 2. The summed E-state index contributed by atoms with van der Waals surface area (Å²) in [4.78, 5) is 2.53. The van der Waals surface area contributed by atoms with Crippen LogP contribution in [0, 0.1) is 6.92 Å². The van der Waals surface area contributed by atoms with Crippen LogP contribution < -0.4 is 10.2 Å². The highest BCUT2D eigenvalue weighted by atomic mass is 15.2. The van der Waals surface area contributed by atoms with Gasteiger partial charge in [0, 0.05) is 36.9 Å². The number of fused-ring (bicyclic) bond motifs is 4. The molecule has 0 aromatic heterocycles. The zero-order valence-electron chi connectivity index (χ0n) is 11.2. The Kier molecular flexibility index (Phi) is 3.13. The third-order valence-electron chi connectivity index (χ3n) is 4.16. The van der Waals surface area contributed by atoms with E-state index in [9.17, 15) is 0 Å². The highest BCUT2D eigenvalue weighted by molar-refractivity contribution is 5.76. The number of anilines is 1. The highest BCUT2D eigenvalue weighted by Crippen LogP contribution is 2.32. The van der Waals surface area contributed by atoms with Crippen LogP contribution in [0.25, 0.3) is 5.57 Å². The predicted octanol–water partition coefficient (Wildman–Crippen LogP) is 2.97. The fourth-order valence-electron chi connectivity index (χ4n) is 3.14. The third kappa shape index (κ3) is 2.17. The Morgan fingerprint density at radius 1 is 1.39 bits per heavy atom. The first-order chi connectivity index (χ1) is 8.74. The Morgan fingerprint density at radius 3 is 3.17 bits per heavy atom. The lowest BCUT2D eigenvalue weighted by atomic mass is 9.98. The molecule has 1 saturated heterocycles. The highest BCUT2D eigenvalue weighted by Gasteiger charge is 2.23. The maximum atomic E-state index is 4.31. The standard InChI is InChI=1S/C16H22N2/c1-12-6-7-16-15(10-12)13(2)4-3-5-14-11-18(16)9-8-17-14/h6-7,10,14,17H,2-5,8-9,11H2,1H3. The Hall–Kier alpha value is -1.28. The van der Waals surface area contributed by atoms with Gasteiger partial charge in [0.25, 0.3) is 0 Å². The molecule has 1 N–H and O–H groups in total. The first-order valence-corrected chi connectivity index (χ1v) is 7.01. The molecule has 0 radical (unpaired) electrons. The SMILES string of the molecule is C=C1CCCC2CN(CCN2)c2ccc(C)cc21. The van der Waals surface area contributed by atoms with Crippen LogP contribution in [0.5, 0.6) is 0 Å². The minimum atomic E-state index is 0.652. The molecule has 2 aliphatic rings. The van der Waals surface area contributed by atoms with E-state index in [1.165, 1.54) is 35.2 Å². The number of rotatable bonds is 0. The minimum absolute atomic E-state index is 0.652. The van der Waals surface area contributed by atoms with Crippen LogP contribution in [0.1, 0.15) is 30.4 Å². The number of hydrogen-bond donors (Lipinski definition) is 1. The van der Waals surface area contributed by atoms with Crippen LogP contribution in [-0.4, -0.2) is 25.7 Å². The molecular formula is C16H22N2. The summed E-state index contributed by atoms with van der Waals surface area (Å²) in [5, 5.41) is 3.63. The van der Waals surface area contributed by atoms with Crippen molar-refractivity contribution in [3.8, 4) is 0 Å². The number of benzene rings is 1. The smallest absolute Gasteiger partial charge is 0.0443 e. The molecule has 3 rings (SSSR count). The van der Waals surface area contributed by atoms with E-state index >= 15 is 0 Å². The summed E-state index contributed by atoms with van der Waals surface area (Å²) in [5.74, 6) is 0. The van der Waals surface area contributed by atoms with Gasteiger partial charge >= 0.3 is 0 Å². The topological polar surface area (TPSA) is 15.3 Å². The number of nitrogens with zero attached hydrogens (tertiary/aromatic N) is 1. The van der Waals surface area contributed by atoms with Crippen molar-refractivity contribution in [2.75, 3.05) is 24.5 Å². The molecule has 1 unspecified atom stereocenters. The molecule has 2 heteroatoms. The van der Waals surface area contributed by atoms with Crippen LogP contribution in [0.15, 0.2) is 24.8 Å². The van der Waals surface area contributed by atoms with Crippen molar-refractivity contribution >= 4 is 11.3 Å². The molecule has 1 aromatic rings. The molecule has 2 aliphatic heterocycles. The molecule has 0 amide bonds. The molecule has 96 valence electrons. The van der Waals surface area contributed by atoms with Gasteiger partial charge in [-0.05, 0) is 43.9 Å². The second kappa shape index (κ2) is 4.77. The fraction of sp³-hybridized carbons (Fsp3) is 0.500. The molecule has 0 saturated carbocycles. The first kappa shape index (κ1) is 11.8. The Balaban J connectivity index is 2.04. The molecule has 2 nitrogen and oxygen atoms in total. The van der Waals surface area contributed by atoms with Crippen molar-refractivity contribution < 1.29 is 0 Å². The van der Waals surface area contributed by atoms with Crippen molar-refractivity contribution in [2.24, 2.45) is 0 Å². The molecule has 1 fully saturated rings. The zero-order valence-corrected chi connectivity index (χ0v) is 11.2. The van der Waals surface area contributed by atoms with Crippen molar-refractivity contribution in [1.82, 2.24) is 5.32 Å². The van der Waals surface area contributed by atoms with E-state index < -0.39 is 0 Å². The molecule has 2 heterocycles. The van der Waals surface area contributed by atoms with Gasteiger partial charge in [0.1, 0.15) is 0 Å². The summed E-state index contributed by atoms with van der Waals surface area (Å²) in [6.07, 6.45) is 3.64. The lowest BCUT2D eigenvalue weighted by molar-refractivity contribution is 0.428. The molecule has 1 atom stereocenters. The number of piperazine rings is 1. The van der Waals surface area contributed by atoms with Crippen molar-refractivity contribution in [3.05, 3.63) is 35.9 Å². The fourth-order valence-corrected chi connectivity index (χ4v) is 3.14. The van der Waals surface area contributed by atoms with Gasteiger partial charge in [-0.15, -0.1) is 0 Å². The Morgan fingerprint density at radius 2 is 2.28 bits per heavy atom. The van der Waals surface area contributed by atoms with E-state index in [0.29, 0.717) is 6.04 Å². The Labute approximate surface area is 110 Å². The third-order valence-corrected chi connectivity index (χ3v) is 4.16. The van der Waals surface area contributed by atoms with E-state index in [2.05, 4.69) is 41.9 Å². The molecule has 18 heavy (non-hydrogen) atoms. The van der Waals surface area contributed by atoms with E-state index in [1.807, 2.05) is 0 Å². The average molecular weight is 242 g/mol. The average Bonchev–Trinajstić information content (AvgIpc) is 2.41. The number of nitrogens with one attached hydrogen (secondary N) is 1. The van der Waals surface area contributed by atoms with Gasteiger partial charge in [-0.25, -0.2) is 0 Å². The van der Waals surface area contributed by atoms with Gasteiger partial charge in [-0.3, -0.25) is 0 Å². The van der Waals surface area contributed by atoms with Gasteiger partial charge < -0.3 is 10.2 Å². The molecule has 1 aromatic carbocycles. The largest absolute Gasteiger partial charge is 0.368 e. The normalized spacial score (nSPS) is 23.9. The molecule has 2 bridgehead atoms. The maximum Gasteiger partial charge on any atom is 0.0443 e. The molecule has 0 spiro atoms. The van der Waals surface area contributed by atoms with Gasteiger partial charge in [-0.1, -0.05) is 18.2 Å². The van der Waals surface area contributed by atoms with E-state index in [1.54, 1.807) is 0 Å². The summed E-state index contributed by atoms with van der Waals surface area (Å²) < 4.78 is 0. The van der Waals surface area contributed by atoms with Crippen molar-refractivity contribution in [3.63, 3.8) is 0 Å². The lowest BCUT2D eigenvalue weighted by Gasteiger charge is -2.35. The van der Waals surface area contributed by atoms with E-state index in [4.69, 9.17) is 0 Å². The molecular weight excluding hydrogens is 220 g/mol. The van der Waals surface area contributed by atoms with Crippen molar-refractivity contribution in [1.29, 1.82) is 0 Å². The van der Waals surface area contributed by atoms with Gasteiger partial charge in [-0.2, -0.15) is 0 Å². The van der Waals surface area contributed by atoms with Gasteiger partial charge in [0.2, 0.25) is 0 Å². The summed E-state index contributed by atoms with van der Waals surface area (Å²) in [7, 11) is 0. The zero-order chi connectivity index (χ0) is 12.5. The summed E-state index contributed by atoms with van der Waals surface area (Å²) >= 11 is 0. The van der Waals surface area contributed by atoms with Crippen LogP contribution in [0.2, 0.25) is 0 Å². The van der Waals surface area contributed by atoms with E-state index in [-0.39, 0.29) is 0 Å². The van der Waals surface area contributed by atoms with Crippen molar-refractivity contribution in [2.45, 2.75) is 32.2 Å². The molecule has 0 aliphatic carbocycles. The Bertz CT molecular complexity index is 464.